The highest BCUT2D eigenvalue weighted by molar-refractivity contribution is 5.65. The molecule has 2 aromatic rings. The van der Waals surface area contributed by atoms with Gasteiger partial charge in [0.2, 0.25) is 0 Å². The highest BCUT2D eigenvalue weighted by Crippen LogP contribution is 2.34. The van der Waals surface area contributed by atoms with E-state index in [-0.39, 0.29) is 5.82 Å². The third-order valence-electron chi connectivity index (χ3n) is 7.14. The summed E-state index contributed by atoms with van der Waals surface area (Å²) in [6.07, 6.45) is 17.9. The zero-order chi connectivity index (χ0) is 21.9. The molecule has 1 aliphatic carbocycles. The second-order valence-electron chi connectivity index (χ2n) is 9.49. The Kier molecular flexibility index (Phi) is 9.60. The Morgan fingerprint density at radius 2 is 1.48 bits per heavy atom. The van der Waals surface area contributed by atoms with E-state index < -0.39 is 0 Å². The first-order valence-corrected chi connectivity index (χ1v) is 12.5. The van der Waals surface area contributed by atoms with Crippen LogP contribution < -0.4 is 0 Å². The van der Waals surface area contributed by atoms with Gasteiger partial charge in [-0.1, -0.05) is 108 Å². The lowest BCUT2D eigenvalue weighted by Gasteiger charge is -2.28. The molecule has 0 aromatic heterocycles. The molecule has 0 radical (unpaired) electrons. The van der Waals surface area contributed by atoms with Gasteiger partial charge < -0.3 is 0 Å². The Morgan fingerprint density at radius 1 is 0.839 bits per heavy atom. The predicted molar refractivity (Wildman–Crippen MR) is 128 cm³/mol. The van der Waals surface area contributed by atoms with Gasteiger partial charge in [-0.25, -0.2) is 4.39 Å². The normalized spacial score (nSPS) is 18.6. The van der Waals surface area contributed by atoms with E-state index in [9.17, 15) is 4.39 Å². The van der Waals surface area contributed by atoms with Crippen molar-refractivity contribution in [3.05, 3.63) is 59.4 Å². The molecular formula is C29H38FN. The van der Waals surface area contributed by atoms with E-state index in [0.29, 0.717) is 11.1 Å². The first kappa shape index (κ1) is 23.5. The minimum Gasteiger partial charge on any atom is -0.206 e. The van der Waals surface area contributed by atoms with Crippen molar-refractivity contribution in [3.8, 4) is 17.2 Å². The molecule has 2 heteroatoms. The van der Waals surface area contributed by atoms with Gasteiger partial charge in [-0.3, -0.25) is 0 Å². The number of nitrogens with zero attached hydrogens (tertiary/aromatic N) is 1. The van der Waals surface area contributed by atoms with Crippen molar-refractivity contribution in [1.82, 2.24) is 0 Å². The first-order chi connectivity index (χ1) is 15.2. The fraction of sp³-hybridized carbons (Fsp3) is 0.552. The van der Waals surface area contributed by atoms with Gasteiger partial charge in [0, 0.05) is 5.56 Å². The Labute approximate surface area is 188 Å². The van der Waals surface area contributed by atoms with E-state index in [1.807, 2.05) is 18.2 Å². The summed E-state index contributed by atoms with van der Waals surface area (Å²) in [5.41, 5.74) is 3.14. The van der Waals surface area contributed by atoms with Crippen molar-refractivity contribution in [2.24, 2.45) is 11.8 Å². The molecule has 0 aliphatic heterocycles. The zero-order valence-electron chi connectivity index (χ0n) is 19.2. The second-order valence-corrected chi connectivity index (χ2v) is 9.49. The predicted octanol–water partition coefficient (Wildman–Crippen LogP) is 8.85. The monoisotopic (exact) mass is 419 g/mol. The van der Waals surface area contributed by atoms with Crippen molar-refractivity contribution in [2.75, 3.05) is 0 Å². The average molecular weight is 420 g/mol. The summed E-state index contributed by atoms with van der Waals surface area (Å²) in [6, 6.07) is 15.0. The fourth-order valence-electron chi connectivity index (χ4n) is 5.06. The van der Waals surface area contributed by atoms with Gasteiger partial charge in [0.25, 0.3) is 0 Å². The van der Waals surface area contributed by atoms with E-state index in [2.05, 4.69) is 19.1 Å². The lowest BCUT2D eigenvalue weighted by Crippen LogP contribution is -2.15. The van der Waals surface area contributed by atoms with Crippen LogP contribution in [0.1, 0.15) is 95.1 Å². The van der Waals surface area contributed by atoms with Crippen molar-refractivity contribution in [1.29, 1.82) is 5.26 Å². The number of unbranched alkanes of at least 4 members (excludes halogenated alkanes) is 5. The van der Waals surface area contributed by atoms with Gasteiger partial charge in [0.15, 0.2) is 0 Å². The maximum absolute atomic E-state index is 14.2. The van der Waals surface area contributed by atoms with Gasteiger partial charge in [-0.05, 0) is 47.9 Å². The van der Waals surface area contributed by atoms with Crippen LogP contribution in [0, 0.1) is 29.0 Å². The molecular weight excluding hydrogens is 381 g/mol. The van der Waals surface area contributed by atoms with Crippen molar-refractivity contribution in [3.63, 3.8) is 0 Å². The number of nitriles is 1. The number of hydrogen-bond donors (Lipinski definition) is 0. The molecule has 3 rings (SSSR count). The number of aryl methyl sites for hydroxylation is 1. The molecule has 31 heavy (non-hydrogen) atoms. The van der Waals surface area contributed by atoms with Gasteiger partial charge >= 0.3 is 0 Å². The molecule has 0 heterocycles. The van der Waals surface area contributed by atoms with Gasteiger partial charge in [0.1, 0.15) is 5.82 Å². The molecule has 0 amide bonds. The topological polar surface area (TPSA) is 23.8 Å². The molecule has 0 atom stereocenters. The molecule has 1 aliphatic rings. The van der Waals surface area contributed by atoms with E-state index in [1.165, 1.54) is 88.7 Å². The molecule has 0 bridgehead atoms. The number of halogens is 1. The largest absolute Gasteiger partial charge is 0.206 e. The molecule has 1 nitrogen and oxygen atoms in total. The van der Waals surface area contributed by atoms with E-state index in [4.69, 9.17) is 5.26 Å². The maximum Gasteiger partial charge on any atom is 0.132 e. The van der Waals surface area contributed by atoms with E-state index in [0.717, 1.165) is 23.8 Å². The standard InChI is InChI=1S/C29H38FN/c1-2-3-4-5-6-7-8-23-9-11-24(12-10-23)13-14-25-15-18-27(19-16-25)28-20-17-26(22-31)21-29(28)30/h15-21,23-24H,2-14H2,1H3. The maximum atomic E-state index is 14.2. The van der Waals surface area contributed by atoms with Crippen molar-refractivity contribution < 1.29 is 4.39 Å². The first-order valence-electron chi connectivity index (χ1n) is 12.5. The van der Waals surface area contributed by atoms with E-state index >= 15 is 0 Å². The summed E-state index contributed by atoms with van der Waals surface area (Å²) in [7, 11) is 0. The second kappa shape index (κ2) is 12.7. The summed E-state index contributed by atoms with van der Waals surface area (Å²) in [4.78, 5) is 0. The molecule has 0 unspecified atom stereocenters. The molecule has 0 saturated heterocycles. The Balaban J connectivity index is 1.37. The van der Waals surface area contributed by atoms with Crippen LogP contribution in [0.4, 0.5) is 4.39 Å². The minimum atomic E-state index is -0.329. The van der Waals surface area contributed by atoms with Crippen molar-refractivity contribution >= 4 is 0 Å². The SMILES string of the molecule is CCCCCCCCC1CCC(CCc2ccc(-c3ccc(C#N)cc3F)cc2)CC1. The minimum absolute atomic E-state index is 0.329. The molecule has 166 valence electrons. The fourth-order valence-corrected chi connectivity index (χ4v) is 5.06. The Hall–Kier alpha value is -2.14. The van der Waals surface area contributed by atoms with Gasteiger partial charge in [-0.2, -0.15) is 5.26 Å². The summed E-state index contributed by atoms with van der Waals surface area (Å²) < 4.78 is 14.2. The van der Waals surface area contributed by atoms with Crippen LogP contribution in [-0.2, 0) is 6.42 Å². The van der Waals surface area contributed by atoms with Gasteiger partial charge in [-0.15, -0.1) is 0 Å². The lowest BCUT2D eigenvalue weighted by atomic mass is 9.77. The summed E-state index contributed by atoms with van der Waals surface area (Å²) in [6.45, 7) is 2.28. The number of rotatable bonds is 11. The van der Waals surface area contributed by atoms with Crippen LogP contribution in [0.3, 0.4) is 0 Å². The Morgan fingerprint density at radius 3 is 2.13 bits per heavy atom. The lowest BCUT2D eigenvalue weighted by molar-refractivity contribution is 0.248. The van der Waals surface area contributed by atoms with Gasteiger partial charge in [0.05, 0.1) is 11.6 Å². The number of hydrogen-bond acceptors (Lipinski definition) is 1. The summed E-state index contributed by atoms with van der Waals surface area (Å²) in [5.74, 6) is 1.52. The third kappa shape index (κ3) is 7.49. The molecule has 0 spiro atoms. The average Bonchev–Trinajstić information content (AvgIpc) is 2.81. The zero-order valence-corrected chi connectivity index (χ0v) is 19.2. The van der Waals surface area contributed by atoms with Crippen molar-refractivity contribution in [2.45, 2.75) is 90.4 Å². The van der Waals surface area contributed by atoms with Crippen LogP contribution in [0.2, 0.25) is 0 Å². The quantitative estimate of drug-likeness (QED) is 0.334. The van der Waals surface area contributed by atoms with Crippen LogP contribution in [0.5, 0.6) is 0 Å². The van der Waals surface area contributed by atoms with Crippen LogP contribution in [0.25, 0.3) is 11.1 Å². The third-order valence-corrected chi connectivity index (χ3v) is 7.14. The van der Waals surface area contributed by atoms with E-state index in [1.54, 1.807) is 12.1 Å². The smallest absolute Gasteiger partial charge is 0.132 e. The Bertz CT molecular complexity index is 825. The highest BCUT2D eigenvalue weighted by Gasteiger charge is 2.20. The van der Waals surface area contributed by atoms with Crippen LogP contribution in [-0.4, -0.2) is 0 Å². The molecule has 0 N–H and O–H groups in total. The summed E-state index contributed by atoms with van der Waals surface area (Å²) in [5, 5.41) is 8.90. The molecule has 1 fully saturated rings. The van der Waals surface area contributed by atoms with Crippen LogP contribution in [0.15, 0.2) is 42.5 Å². The highest BCUT2D eigenvalue weighted by atomic mass is 19.1. The molecule has 1 saturated carbocycles. The van der Waals surface area contributed by atoms with Crippen LogP contribution >= 0.6 is 0 Å². The summed E-state index contributed by atoms with van der Waals surface area (Å²) >= 11 is 0. The number of benzene rings is 2. The molecule has 2 aromatic carbocycles.